The number of esters is 1. The molecule has 3 aromatic rings. The SMILES string of the molecule is CCN(c1ccccc1)c1cnnc(Nc2cccc(C(=O)OC)c2)n1. The van der Waals surface area contributed by atoms with E-state index in [9.17, 15) is 4.79 Å². The maximum atomic E-state index is 11.7. The van der Waals surface area contributed by atoms with Gasteiger partial charge in [0, 0.05) is 17.9 Å². The third-order valence-corrected chi connectivity index (χ3v) is 3.75. The van der Waals surface area contributed by atoms with Crippen LogP contribution in [0.15, 0.2) is 60.8 Å². The van der Waals surface area contributed by atoms with Crippen molar-refractivity contribution in [2.24, 2.45) is 0 Å². The van der Waals surface area contributed by atoms with E-state index >= 15 is 0 Å². The van der Waals surface area contributed by atoms with E-state index in [1.165, 1.54) is 7.11 Å². The second-order valence-electron chi connectivity index (χ2n) is 5.42. The molecule has 0 fully saturated rings. The van der Waals surface area contributed by atoms with Crippen molar-refractivity contribution in [2.45, 2.75) is 6.92 Å². The van der Waals surface area contributed by atoms with Crippen molar-refractivity contribution >= 4 is 29.1 Å². The molecule has 0 aliphatic carbocycles. The fourth-order valence-corrected chi connectivity index (χ4v) is 2.53. The third-order valence-electron chi connectivity index (χ3n) is 3.75. The van der Waals surface area contributed by atoms with Crippen molar-refractivity contribution in [3.63, 3.8) is 0 Å². The Morgan fingerprint density at radius 1 is 1.15 bits per heavy atom. The molecule has 0 aliphatic heterocycles. The molecule has 132 valence electrons. The number of rotatable bonds is 6. The molecule has 7 nitrogen and oxygen atoms in total. The fourth-order valence-electron chi connectivity index (χ4n) is 2.53. The number of benzene rings is 2. The highest BCUT2D eigenvalue weighted by atomic mass is 16.5. The molecule has 1 aromatic heterocycles. The second kappa shape index (κ2) is 8.06. The zero-order valence-electron chi connectivity index (χ0n) is 14.6. The number of aromatic nitrogens is 3. The van der Waals surface area contributed by atoms with Crippen LogP contribution in [-0.2, 0) is 4.74 Å². The number of carbonyl (C=O) groups excluding carboxylic acids is 1. The molecule has 0 bridgehead atoms. The van der Waals surface area contributed by atoms with Crippen molar-refractivity contribution in [3.05, 3.63) is 66.4 Å². The zero-order chi connectivity index (χ0) is 18.4. The molecule has 7 heteroatoms. The first-order valence-electron chi connectivity index (χ1n) is 8.19. The first-order chi connectivity index (χ1) is 12.7. The van der Waals surface area contributed by atoms with Crippen molar-refractivity contribution in [2.75, 3.05) is 23.9 Å². The summed E-state index contributed by atoms with van der Waals surface area (Å²) in [6.45, 7) is 2.78. The van der Waals surface area contributed by atoms with Gasteiger partial charge in [-0.25, -0.2) is 4.79 Å². The molecule has 2 aromatic carbocycles. The van der Waals surface area contributed by atoms with Gasteiger partial charge in [0.05, 0.1) is 18.9 Å². The number of hydrogen-bond acceptors (Lipinski definition) is 7. The minimum absolute atomic E-state index is 0.346. The molecule has 0 unspecified atom stereocenters. The number of nitrogens with one attached hydrogen (secondary N) is 1. The highest BCUT2D eigenvalue weighted by Gasteiger charge is 2.11. The van der Waals surface area contributed by atoms with E-state index in [0.29, 0.717) is 23.0 Å². The summed E-state index contributed by atoms with van der Waals surface area (Å²) < 4.78 is 4.74. The number of carbonyl (C=O) groups is 1. The maximum Gasteiger partial charge on any atom is 0.337 e. The average molecular weight is 349 g/mol. The Balaban J connectivity index is 1.85. The molecule has 1 heterocycles. The molecule has 0 atom stereocenters. The van der Waals surface area contributed by atoms with E-state index in [1.54, 1.807) is 24.4 Å². The topological polar surface area (TPSA) is 80.2 Å². The molecule has 1 N–H and O–H groups in total. The quantitative estimate of drug-likeness (QED) is 0.682. The van der Waals surface area contributed by atoms with E-state index < -0.39 is 5.97 Å². The van der Waals surface area contributed by atoms with Crippen LogP contribution in [0.3, 0.4) is 0 Å². The summed E-state index contributed by atoms with van der Waals surface area (Å²) in [5.74, 6) is 0.627. The van der Waals surface area contributed by atoms with E-state index in [2.05, 4.69) is 20.5 Å². The molecule has 0 radical (unpaired) electrons. The number of hydrogen-bond donors (Lipinski definition) is 1. The Morgan fingerprint density at radius 3 is 2.69 bits per heavy atom. The minimum Gasteiger partial charge on any atom is -0.465 e. The van der Waals surface area contributed by atoms with Crippen LogP contribution in [0.2, 0.25) is 0 Å². The molecule has 3 rings (SSSR count). The van der Waals surface area contributed by atoms with Gasteiger partial charge in [-0.15, -0.1) is 5.10 Å². The lowest BCUT2D eigenvalue weighted by molar-refractivity contribution is 0.0601. The Labute approximate surface area is 151 Å². The van der Waals surface area contributed by atoms with Gasteiger partial charge in [-0.05, 0) is 37.3 Å². The molecular weight excluding hydrogens is 330 g/mol. The lowest BCUT2D eigenvalue weighted by Crippen LogP contribution is -2.18. The van der Waals surface area contributed by atoms with Gasteiger partial charge in [0.1, 0.15) is 0 Å². The minimum atomic E-state index is -0.400. The highest BCUT2D eigenvalue weighted by molar-refractivity contribution is 5.90. The van der Waals surface area contributed by atoms with E-state index in [4.69, 9.17) is 4.74 Å². The van der Waals surface area contributed by atoms with E-state index in [-0.39, 0.29) is 0 Å². The number of anilines is 4. The zero-order valence-corrected chi connectivity index (χ0v) is 14.6. The molecule has 26 heavy (non-hydrogen) atoms. The van der Waals surface area contributed by atoms with Crippen LogP contribution < -0.4 is 10.2 Å². The molecule has 0 spiro atoms. The number of para-hydroxylation sites is 1. The maximum absolute atomic E-state index is 11.7. The van der Waals surface area contributed by atoms with Crippen LogP contribution in [-0.4, -0.2) is 34.8 Å². The van der Waals surface area contributed by atoms with Gasteiger partial charge in [0.25, 0.3) is 0 Å². The Hall–Kier alpha value is -3.48. The predicted octanol–water partition coefficient (Wildman–Crippen LogP) is 3.56. The van der Waals surface area contributed by atoms with Crippen LogP contribution in [0.25, 0.3) is 0 Å². The van der Waals surface area contributed by atoms with Crippen LogP contribution in [0.4, 0.5) is 23.1 Å². The van der Waals surface area contributed by atoms with E-state index in [1.807, 2.05) is 48.2 Å². The molecular formula is C19H19N5O2. The molecule has 0 saturated heterocycles. The largest absolute Gasteiger partial charge is 0.465 e. The van der Waals surface area contributed by atoms with Gasteiger partial charge in [0.15, 0.2) is 5.82 Å². The fraction of sp³-hybridized carbons (Fsp3) is 0.158. The van der Waals surface area contributed by atoms with Crippen molar-refractivity contribution in [1.29, 1.82) is 0 Å². The van der Waals surface area contributed by atoms with Gasteiger partial charge < -0.3 is 15.0 Å². The molecule has 0 saturated carbocycles. The van der Waals surface area contributed by atoms with Crippen molar-refractivity contribution in [1.82, 2.24) is 15.2 Å². The summed E-state index contributed by atoms with van der Waals surface area (Å²) in [5.41, 5.74) is 2.14. The lowest BCUT2D eigenvalue weighted by atomic mass is 10.2. The number of ether oxygens (including phenoxy) is 1. The summed E-state index contributed by atoms with van der Waals surface area (Å²) in [5, 5.41) is 11.1. The van der Waals surface area contributed by atoms with Gasteiger partial charge >= 0.3 is 5.97 Å². The van der Waals surface area contributed by atoms with Crippen molar-refractivity contribution < 1.29 is 9.53 Å². The number of methoxy groups -OCH3 is 1. The second-order valence-corrected chi connectivity index (χ2v) is 5.42. The van der Waals surface area contributed by atoms with Gasteiger partial charge in [-0.3, -0.25) is 0 Å². The predicted molar refractivity (Wildman–Crippen MR) is 100 cm³/mol. The summed E-state index contributed by atoms with van der Waals surface area (Å²) in [6, 6.07) is 16.9. The number of nitrogens with zero attached hydrogens (tertiary/aromatic N) is 4. The third kappa shape index (κ3) is 3.94. The summed E-state index contributed by atoms with van der Waals surface area (Å²) in [6.07, 6.45) is 1.62. The Morgan fingerprint density at radius 2 is 1.96 bits per heavy atom. The van der Waals surface area contributed by atoms with Gasteiger partial charge in [0.2, 0.25) is 5.95 Å². The first-order valence-corrected chi connectivity index (χ1v) is 8.19. The first kappa shape index (κ1) is 17.3. The van der Waals surface area contributed by atoms with Crippen molar-refractivity contribution in [3.8, 4) is 0 Å². The smallest absolute Gasteiger partial charge is 0.337 e. The monoisotopic (exact) mass is 349 g/mol. The normalized spacial score (nSPS) is 10.2. The van der Waals surface area contributed by atoms with Crippen LogP contribution in [0, 0.1) is 0 Å². The Bertz CT molecular complexity index is 886. The van der Waals surface area contributed by atoms with Crippen LogP contribution in [0.1, 0.15) is 17.3 Å². The average Bonchev–Trinajstić information content (AvgIpc) is 2.69. The van der Waals surface area contributed by atoms with Crippen LogP contribution >= 0.6 is 0 Å². The molecule has 0 aliphatic rings. The van der Waals surface area contributed by atoms with Gasteiger partial charge in [-0.2, -0.15) is 10.1 Å². The summed E-state index contributed by atoms with van der Waals surface area (Å²) in [7, 11) is 1.35. The summed E-state index contributed by atoms with van der Waals surface area (Å²) >= 11 is 0. The Kier molecular flexibility index (Phi) is 5.38. The highest BCUT2D eigenvalue weighted by Crippen LogP contribution is 2.23. The molecule has 0 amide bonds. The van der Waals surface area contributed by atoms with E-state index in [0.717, 1.165) is 12.2 Å². The lowest BCUT2D eigenvalue weighted by Gasteiger charge is -2.21. The summed E-state index contributed by atoms with van der Waals surface area (Å²) in [4.78, 5) is 18.2. The van der Waals surface area contributed by atoms with Gasteiger partial charge in [-0.1, -0.05) is 24.3 Å². The van der Waals surface area contributed by atoms with Crippen LogP contribution in [0.5, 0.6) is 0 Å². The standard InChI is InChI=1S/C19H19N5O2/c1-3-24(16-10-5-4-6-11-16)17-13-20-23-19(22-17)21-15-9-7-8-14(12-15)18(25)26-2/h4-13H,3H2,1-2H3,(H,21,22,23).